The zero-order valence-corrected chi connectivity index (χ0v) is 9.31. The molecule has 0 atom stereocenters. The van der Waals surface area contributed by atoms with Gasteiger partial charge in [-0.25, -0.2) is 4.79 Å². The maximum Gasteiger partial charge on any atom is 0.336 e. The predicted molar refractivity (Wildman–Crippen MR) is 60.6 cm³/mol. The first-order chi connectivity index (χ1) is 7.06. The second-order valence-electron chi connectivity index (χ2n) is 2.76. The van der Waals surface area contributed by atoms with Crippen molar-refractivity contribution in [2.24, 2.45) is 0 Å². The Kier molecular flexibility index (Phi) is 4.26. The van der Waals surface area contributed by atoms with E-state index in [0.717, 1.165) is 0 Å². The fourth-order valence-corrected chi connectivity index (χ4v) is 2.25. The molecule has 1 rings (SSSR count). The van der Waals surface area contributed by atoms with Gasteiger partial charge in [0.15, 0.2) is 0 Å². The van der Waals surface area contributed by atoms with Crippen molar-refractivity contribution in [1.29, 1.82) is 0 Å². The van der Waals surface area contributed by atoms with Crippen LogP contribution in [-0.4, -0.2) is 28.5 Å². The highest BCUT2D eigenvalue weighted by Crippen LogP contribution is 2.32. The maximum absolute atomic E-state index is 10.9. The Balaban J connectivity index is 3.15. The number of hydrogen-bond donors (Lipinski definition) is 3. The number of carbonyl (C=O) groups is 1. The number of carboxylic acid groups (broad SMARTS) is 1. The number of hydrogen-bond acceptors (Lipinski definition) is 4. The summed E-state index contributed by atoms with van der Waals surface area (Å²) in [5.74, 6) is -0.686. The van der Waals surface area contributed by atoms with E-state index < -0.39 is 5.97 Å². The van der Waals surface area contributed by atoms with Crippen LogP contribution in [0.25, 0.3) is 0 Å². The number of rotatable bonds is 4. The van der Waals surface area contributed by atoms with Gasteiger partial charge in [0.2, 0.25) is 0 Å². The maximum atomic E-state index is 10.9. The zero-order valence-electron chi connectivity index (χ0n) is 7.74. The molecule has 0 aliphatic carbocycles. The lowest BCUT2D eigenvalue weighted by atomic mass is 10.2. The summed E-state index contributed by atoms with van der Waals surface area (Å²) >= 11 is 7.06. The van der Waals surface area contributed by atoms with Gasteiger partial charge >= 0.3 is 5.97 Å². The minimum absolute atomic E-state index is 0.0373. The molecule has 0 bridgehead atoms. The van der Waals surface area contributed by atoms with Crippen LogP contribution in [0.5, 0.6) is 0 Å². The number of halogens is 1. The molecule has 4 N–H and O–H groups in total. The van der Waals surface area contributed by atoms with Gasteiger partial charge in [-0.1, -0.05) is 11.6 Å². The van der Waals surface area contributed by atoms with Gasteiger partial charge in [0.1, 0.15) is 0 Å². The van der Waals surface area contributed by atoms with E-state index in [1.54, 1.807) is 0 Å². The molecule has 0 aliphatic heterocycles. The Morgan fingerprint density at radius 2 is 2.20 bits per heavy atom. The summed E-state index contributed by atoms with van der Waals surface area (Å²) in [6.07, 6.45) is 0. The van der Waals surface area contributed by atoms with Gasteiger partial charge in [-0.3, -0.25) is 0 Å². The molecular formula is C9H10ClNO3S. The Labute approximate surface area is 96.0 Å². The van der Waals surface area contributed by atoms with E-state index >= 15 is 0 Å². The highest BCUT2D eigenvalue weighted by atomic mass is 35.5. The molecule has 0 aromatic heterocycles. The second kappa shape index (κ2) is 5.25. The van der Waals surface area contributed by atoms with Crippen LogP contribution in [0, 0.1) is 0 Å². The van der Waals surface area contributed by atoms with Crippen molar-refractivity contribution in [3.8, 4) is 0 Å². The smallest absolute Gasteiger partial charge is 0.336 e. The van der Waals surface area contributed by atoms with Crippen molar-refractivity contribution in [3.63, 3.8) is 0 Å². The monoisotopic (exact) mass is 247 g/mol. The van der Waals surface area contributed by atoms with E-state index in [-0.39, 0.29) is 12.2 Å². The molecule has 0 radical (unpaired) electrons. The third kappa shape index (κ3) is 3.02. The van der Waals surface area contributed by atoms with Crippen molar-refractivity contribution in [2.75, 3.05) is 18.1 Å². The van der Waals surface area contributed by atoms with Crippen molar-refractivity contribution >= 4 is 35.0 Å². The number of nitrogens with two attached hydrogens (primary N) is 1. The number of benzene rings is 1. The summed E-state index contributed by atoms with van der Waals surface area (Å²) in [6, 6.07) is 2.85. The molecule has 0 fully saturated rings. The van der Waals surface area contributed by atoms with Crippen molar-refractivity contribution in [2.45, 2.75) is 4.90 Å². The third-order valence-corrected chi connectivity index (χ3v) is 3.16. The summed E-state index contributed by atoms with van der Waals surface area (Å²) in [5, 5.41) is 17.9. The van der Waals surface area contributed by atoms with Gasteiger partial charge in [0, 0.05) is 16.3 Å². The zero-order chi connectivity index (χ0) is 11.4. The second-order valence-corrected chi connectivity index (χ2v) is 4.27. The average Bonchev–Trinajstić information content (AvgIpc) is 2.15. The molecule has 6 heteroatoms. The summed E-state index contributed by atoms with van der Waals surface area (Å²) in [4.78, 5) is 11.3. The Morgan fingerprint density at radius 1 is 1.53 bits per heavy atom. The first-order valence-electron chi connectivity index (χ1n) is 4.12. The van der Waals surface area contributed by atoms with Crippen LogP contribution in [-0.2, 0) is 0 Å². The van der Waals surface area contributed by atoms with Crippen LogP contribution in [0.15, 0.2) is 17.0 Å². The number of anilines is 1. The molecule has 0 saturated carbocycles. The molecule has 0 amide bonds. The average molecular weight is 248 g/mol. The number of carboxylic acids is 1. The van der Waals surface area contributed by atoms with Gasteiger partial charge in [-0.15, -0.1) is 11.8 Å². The lowest BCUT2D eigenvalue weighted by molar-refractivity contribution is 0.0693. The van der Waals surface area contributed by atoms with Gasteiger partial charge in [-0.2, -0.15) is 0 Å². The fraction of sp³-hybridized carbons (Fsp3) is 0.222. The topological polar surface area (TPSA) is 83.5 Å². The van der Waals surface area contributed by atoms with Crippen LogP contribution < -0.4 is 5.73 Å². The molecule has 1 aromatic carbocycles. The number of aliphatic hydroxyl groups excluding tert-OH is 1. The lowest BCUT2D eigenvalue weighted by Crippen LogP contribution is -2.02. The minimum atomic E-state index is -1.08. The van der Waals surface area contributed by atoms with Crippen LogP contribution in [0.1, 0.15) is 10.4 Å². The van der Waals surface area contributed by atoms with E-state index in [0.29, 0.717) is 21.4 Å². The van der Waals surface area contributed by atoms with Gasteiger partial charge in [0.25, 0.3) is 0 Å². The molecule has 0 unspecified atom stereocenters. The molecule has 15 heavy (non-hydrogen) atoms. The van der Waals surface area contributed by atoms with E-state index in [1.165, 1.54) is 23.9 Å². The quantitative estimate of drug-likeness (QED) is 0.557. The first-order valence-corrected chi connectivity index (χ1v) is 5.48. The van der Waals surface area contributed by atoms with E-state index in [1.807, 2.05) is 0 Å². The third-order valence-electron chi connectivity index (χ3n) is 1.63. The SMILES string of the molecule is Nc1cc(Cl)c(SCCO)c(C(=O)O)c1. The Morgan fingerprint density at radius 3 is 2.73 bits per heavy atom. The highest BCUT2D eigenvalue weighted by molar-refractivity contribution is 7.99. The normalized spacial score (nSPS) is 10.3. The number of aromatic carboxylic acids is 1. The first kappa shape index (κ1) is 12.2. The van der Waals surface area contributed by atoms with E-state index in [9.17, 15) is 4.79 Å². The van der Waals surface area contributed by atoms with Crippen molar-refractivity contribution in [1.82, 2.24) is 0 Å². The highest BCUT2D eigenvalue weighted by Gasteiger charge is 2.14. The molecule has 82 valence electrons. The fourth-order valence-electron chi connectivity index (χ4n) is 1.07. The molecule has 0 aliphatic rings. The Hall–Kier alpha value is -0.910. The molecular weight excluding hydrogens is 238 g/mol. The molecule has 0 spiro atoms. The lowest BCUT2D eigenvalue weighted by Gasteiger charge is -2.08. The summed E-state index contributed by atoms with van der Waals surface area (Å²) in [5.41, 5.74) is 5.87. The van der Waals surface area contributed by atoms with Crippen molar-refractivity contribution in [3.05, 3.63) is 22.7 Å². The number of thioether (sulfide) groups is 1. The van der Waals surface area contributed by atoms with Gasteiger partial charge in [0.05, 0.1) is 17.2 Å². The van der Waals surface area contributed by atoms with Crippen molar-refractivity contribution < 1.29 is 15.0 Å². The van der Waals surface area contributed by atoms with Crippen LogP contribution >= 0.6 is 23.4 Å². The van der Waals surface area contributed by atoms with Crippen LogP contribution in [0.3, 0.4) is 0 Å². The summed E-state index contributed by atoms with van der Waals surface area (Å²) in [6.45, 7) is -0.0373. The summed E-state index contributed by atoms with van der Waals surface area (Å²) < 4.78 is 0. The number of nitrogen functional groups attached to an aromatic ring is 1. The van der Waals surface area contributed by atoms with Gasteiger partial charge in [-0.05, 0) is 12.1 Å². The predicted octanol–water partition coefficient (Wildman–Crippen LogP) is 1.70. The molecule has 4 nitrogen and oxygen atoms in total. The van der Waals surface area contributed by atoms with E-state index in [2.05, 4.69) is 0 Å². The van der Waals surface area contributed by atoms with E-state index in [4.69, 9.17) is 27.5 Å². The molecule has 1 aromatic rings. The van der Waals surface area contributed by atoms with Gasteiger partial charge < -0.3 is 15.9 Å². The largest absolute Gasteiger partial charge is 0.478 e. The molecule has 0 saturated heterocycles. The molecule has 0 heterocycles. The van der Waals surface area contributed by atoms with Crippen LogP contribution in [0.4, 0.5) is 5.69 Å². The minimum Gasteiger partial charge on any atom is -0.478 e. The number of aliphatic hydroxyl groups is 1. The Bertz CT molecular complexity index is 384. The standard InChI is InChI=1S/C9H10ClNO3S/c10-7-4-5(11)3-6(9(13)14)8(7)15-2-1-12/h3-4,12H,1-2,11H2,(H,13,14). The van der Waals surface area contributed by atoms with Crippen LogP contribution in [0.2, 0.25) is 5.02 Å². The summed E-state index contributed by atoms with van der Waals surface area (Å²) in [7, 11) is 0.